The number of aliphatic imine (C=N–C) groups is 1. The van der Waals surface area contributed by atoms with E-state index in [9.17, 15) is 8.42 Å². The molecule has 8 nitrogen and oxygen atoms in total. The Kier molecular flexibility index (Phi) is 5.89. The Hall–Kier alpha value is -1.68. The third-order valence-corrected chi connectivity index (χ3v) is 5.92. The summed E-state index contributed by atoms with van der Waals surface area (Å²) in [5.41, 5.74) is 1.02. The fourth-order valence-corrected chi connectivity index (χ4v) is 3.92. The molecule has 1 saturated heterocycles. The Labute approximate surface area is 148 Å². The van der Waals surface area contributed by atoms with Crippen LogP contribution in [-0.2, 0) is 14.8 Å². The van der Waals surface area contributed by atoms with Crippen molar-refractivity contribution in [3.05, 3.63) is 29.8 Å². The lowest BCUT2D eigenvalue weighted by atomic mass is 10.2. The Balaban J connectivity index is 1.49. The number of hydrogen-bond acceptors (Lipinski definition) is 5. The predicted octanol–water partition coefficient (Wildman–Crippen LogP) is -3.05. The lowest BCUT2D eigenvalue weighted by Crippen LogP contribution is -3.22. The molecule has 138 valence electrons. The van der Waals surface area contributed by atoms with Gasteiger partial charge in [0.05, 0.1) is 18.1 Å². The average molecular weight is 369 g/mol. The first kappa shape index (κ1) is 18.1. The second-order valence-corrected chi connectivity index (χ2v) is 8.23. The zero-order valence-corrected chi connectivity index (χ0v) is 15.4. The van der Waals surface area contributed by atoms with Gasteiger partial charge in [0.25, 0.3) is 10.0 Å². The molecule has 0 bridgehead atoms. The van der Waals surface area contributed by atoms with E-state index in [4.69, 9.17) is 4.74 Å². The normalized spacial score (nSPS) is 22.1. The highest BCUT2D eigenvalue weighted by molar-refractivity contribution is 7.90. The average Bonchev–Trinajstić information content (AvgIpc) is 2.62. The highest BCUT2D eigenvalue weighted by Gasteiger charge is 2.22. The number of hydrogen-bond donors (Lipinski definition) is 4. The molecule has 2 aliphatic rings. The quantitative estimate of drug-likeness (QED) is 0.444. The minimum Gasteiger partial charge on any atom is -0.370 e. The lowest BCUT2D eigenvalue weighted by molar-refractivity contribution is -0.962. The molecule has 0 amide bonds. The molecule has 1 aromatic carbocycles. The highest BCUT2D eigenvalue weighted by Crippen LogP contribution is 2.09. The van der Waals surface area contributed by atoms with Gasteiger partial charge in [0, 0.05) is 0 Å². The standard InChI is InChI=1S/C16H25N5O3S/c1-14-2-4-15(5-3-14)25(22,23)19-16-17-12-21(13-18-16)7-6-20-8-10-24-11-9-20/h2-5H,6-13H2,1H3,(H2,17,18,19)/p+2. The second kappa shape index (κ2) is 8.13. The summed E-state index contributed by atoms with van der Waals surface area (Å²) in [6.07, 6.45) is 0. The number of guanidine groups is 1. The number of morpholine rings is 1. The van der Waals surface area contributed by atoms with E-state index in [1.165, 1.54) is 4.90 Å². The third-order valence-electron chi connectivity index (χ3n) is 4.56. The number of benzene rings is 1. The van der Waals surface area contributed by atoms with Gasteiger partial charge in [-0.2, -0.15) is 4.99 Å². The molecule has 3 rings (SSSR count). The first-order valence-corrected chi connectivity index (χ1v) is 10.1. The summed E-state index contributed by atoms with van der Waals surface area (Å²) >= 11 is 0. The minimum absolute atomic E-state index is 0.244. The number of nitrogens with one attached hydrogen (secondary N) is 4. The van der Waals surface area contributed by atoms with Crippen LogP contribution in [0.15, 0.2) is 34.2 Å². The number of sulfonamides is 1. The lowest BCUT2D eigenvalue weighted by Gasteiger charge is -2.27. The summed E-state index contributed by atoms with van der Waals surface area (Å²) in [7, 11) is -3.59. The smallest absolute Gasteiger partial charge is 0.264 e. The zero-order valence-electron chi connectivity index (χ0n) is 14.5. The van der Waals surface area contributed by atoms with Crippen molar-refractivity contribution in [3.63, 3.8) is 0 Å². The van der Waals surface area contributed by atoms with E-state index < -0.39 is 10.0 Å². The molecule has 1 aromatic rings. The zero-order chi connectivity index (χ0) is 17.7. The van der Waals surface area contributed by atoms with Crippen LogP contribution >= 0.6 is 0 Å². The molecule has 25 heavy (non-hydrogen) atoms. The van der Waals surface area contributed by atoms with Gasteiger partial charge >= 0.3 is 0 Å². The number of ether oxygens (including phenoxy) is 1. The summed E-state index contributed by atoms with van der Waals surface area (Å²) in [5.74, 6) is 0.322. The maximum atomic E-state index is 12.4. The molecule has 2 heterocycles. The molecule has 0 aromatic heterocycles. The molecule has 0 radical (unpaired) electrons. The molecule has 4 N–H and O–H groups in total. The Bertz CT molecular complexity index is 699. The summed E-state index contributed by atoms with van der Waals surface area (Å²) in [6, 6.07) is 6.77. The van der Waals surface area contributed by atoms with E-state index >= 15 is 0 Å². The number of nitrogens with zero attached hydrogens (tertiary/aromatic N) is 1. The molecule has 2 aliphatic heterocycles. The van der Waals surface area contributed by atoms with E-state index in [-0.39, 0.29) is 4.90 Å². The van der Waals surface area contributed by atoms with E-state index in [0.717, 1.165) is 45.0 Å². The van der Waals surface area contributed by atoms with Crippen LogP contribution in [0.1, 0.15) is 5.56 Å². The van der Waals surface area contributed by atoms with Crippen LogP contribution in [0.4, 0.5) is 0 Å². The van der Waals surface area contributed by atoms with Crippen molar-refractivity contribution in [1.82, 2.24) is 10.0 Å². The van der Waals surface area contributed by atoms with Crippen molar-refractivity contribution in [2.75, 3.05) is 52.7 Å². The maximum Gasteiger partial charge on any atom is 0.264 e. The molecule has 9 heteroatoms. The van der Waals surface area contributed by atoms with Crippen LogP contribution in [-0.4, -0.2) is 67.1 Å². The fraction of sp³-hybridized carbons (Fsp3) is 0.562. The van der Waals surface area contributed by atoms with Crippen LogP contribution in [0.2, 0.25) is 0 Å². The molecular formula is C16H27N5O3S+2. The molecular weight excluding hydrogens is 342 g/mol. The van der Waals surface area contributed by atoms with E-state index in [1.807, 2.05) is 6.92 Å². The van der Waals surface area contributed by atoms with Gasteiger partial charge in [-0.15, -0.1) is 0 Å². The van der Waals surface area contributed by atoms with Gasteiger partial charge in [0.15, 0.2) is 13.3 Å². The summed E-state index contributed by atoms with van der Waals surface area (Å²) in [5, 5.41) is 3.08. The SMILES string of the molecule is Cc1ccc(S(=O)(=O)NC2=NC[NH+](CC[NH+]3CCOCC3)CN2)cc1. The van der Waals surface area contributed by atoms with Crippen molar-refractivity contribution < 1.29 is 23.0 Å². The van der Waals surface area contributed by atoms with Gasteiger partial charge in [0.1, 0.15) is 26.2 Å². The van der Waals surface area contributed by atoms with Gasteiger partial charge in [-0.3, -0.25) is 4.90 Å². The van der Waals surface area contributed by atoms with Crippen LogP contribution in [0.5, 0.6) is 0 Å². The summed E-state index contributed by atoms with van der Waals surface area (Å²) < 4.78 is 32.6. The molecule has 0 saturated carbocycles. The molecule has 0 spiro atoms. The predicted molar refractivity (Wildman–Crippen MR) is 94.0 cm³/mol. The largest absolute Gasteiger partial charge is 0.370 e. The van der Waals surface area contributed by atoms with Crippen LogP contribution in [0, 0.1) is 6.92 Å². The van der Waals surface area contributed by atoms with Crippen molar-refractivity contribution >= 4 is 16.0 Å². The highest BCUT2D eigenvalue weighted by atomic mass is 32.2. The molecule has 1 fully saturated rings. The number of quaternary nitrogens is 2. The molecule has 1 unspecified atom stereocenters. The van der Waals surface area contributed by atoms with Crippen molar-refractivity contribution in [2.45, 2.75) is 11.8 Å². The van der Waals surface area contributed by atoms with Gasteiger partial charge in [-0.05, 0) is 19.1 Å². The first-order valence-electron chi connectivity index (χ1n) is 8.66. The maximum absolute atomic E-state index is 12.4. The van der Waals surface area contributed by atoms with Gasteiger partial charge < -0.3 is 15.0 Å². The van der Waals surface area contributed by atoms with Crippen LogP contribution < -0.4 is 19.8 Å². The van der Waals surface area contributed by atoms with Crippen molar-refractivity contribution in [3.8, 4) is 0 Å². The van der Waals surface area contributed by atoms with Crippen LogP contribution in [0.25, 0.3) is 0 Å². The van der Waals surface area contributed by atoms with E-state index in [1.54, 1.807) is 29.2 Å². The summed E-state index contributed by atoms with van der Waals surface area (Å²) in [6.45, 7) is 9.05. The van der Waals surface area contributed by atoms with Gasteiger partial charge in [0.2, 0.25) is 5.96 Å². The van der Waals surface area contributed by atoms with Crippen LogP contribution in [0.3, 0.4) is 0 Å². The van der Waals surface area contributed by atoms with Crippen molar-refractivity contribution in [2.24, 2.45) is 4.99 Å². The first-order chi connectivity index (χ1) is 12.0. The molecule has 1 atom stereocenters. The molecule has 0 aliphatic carbocycles. The Morgan fingerprint density at radius 2 is 1.84 bits per heavy atom. The summed E-state index contributed by atoms with van der Waals surface area (Å²) in [4.78, 5) is 7.46. The third kappa shape index (κ3) is 5.15. The van der Waals surface area contributed by atoms with E-state index in [2.05, 4.69) is 15.0 Å². The van der Waals surface area contributed by atoms with Crippen molar-refractivity contribution in [1.29, 1.82) is 0 Å². The second-order valence-electron chi connectivity index (χ2n) is 6.55. The fourth-order valence-electron chi connectivity index (χ4n) is 2.91. The topological polar surface area (TPSA) is 88.7 Å². The van der Waals surface area contributed by atoms with E-state index in [0.29, 0.717) is 19.3 Å². The number of aryl methyl sites for hydroxylation is 1. The number of rotatable bonds is 5. The van der Waals surface area contributed by atoms with Gasteiger partial charge in [-0.1, -0.05) is 17.7 Å². The monoisotopic (exact) mass is 369 g/mol. The Morgan fingerprint density at radius 3 is 2.48 bits per heavy atom. The van der Waals surface area contributed by atoms with Gasteiger partial charge in [-0.25, -0.2) is 13.1 Å². The Morgan fingerprint density at radius 1 is 1.16 bits per heavy atom. The minimum atomic E-state index is -3.59.